The number of aliphatic hydroxyl groups excluding tert-OH is 1. The molecule has 2 N–H and O–H groups in total. The van der Waals surface area contributed by atoms with E-state index in [1.54, 1.807) is 6.07 Å². The van der Waals surface area contributed by atoms with Crippen LogP contribution >= 0.6 is 0 Å². The van der Waals surface area contributed by atoms with Crippen LogP contribution in [0, 0.1) is 0 Å². The molecule has 0 bridgehead atoms. The summed E-state index contributed by atoms with van der Waals surface area (Å²) in [7, 11) is 2.99. The second-order valence-corrected chi connectivity index (χ2v) is 6.07. The van der Waals surface area contributed by atoms with Gasteiger partial charge < -0.3 is 19.7 Å². The second-order valence-electron chi connectivity index (χ2n) is 6.07. The zero-order valence-corrected chi connectivity index (χ0v) is 13.7. The molecular weight excluding hydrogens is 308 g/mol. The maximum atomic E-state index is 11.6. The number of carbonyl (C=O) groups is 1. The van der Waals surface area contributed by atoms with Crippen LogP contribution in [0.1, 0.15) is 28.8 Å². The molecular formula is C19H20O5. The van der Waals surface area contributed by atoms with E-state index in [-0.39, 0.29) is 17.6 Å². The van der Waals surface area contributed by atoms with Gasteiger partial charge >= 0.3 is 5.97 Å². The van der Waals surface area contributed by atoms with Crippen LogP contribution in [0.2, 0.25) is 0 Å². The van der Waals surface area contributed by atoms with Crippen LogP contribution < -0.4 is 9.47 Å². The van der Waals surface area contributed by atoms with Gasteiger partial charge in [-0.15, -0.1) is 0 Å². The lowest BCUT2D eigenvalue weighted by Crippen LogP contribution is -2.11. The van der Waals surface area contributed by atoms with Gasteiger partial charge in [0.2, 0.25) is 0 Å². The number of hydrogen-bond acceptors (Lipinski definition) is 4. The Kier molecular flexibility index (Phi) is 4.20. The van der Waals surface area contributed by atoms with E-state index in [9.17, 15) is 15.0 Å². The first kappa shape index (κ1) is 16.3. The summed E-state index contributed by atoms with van der Waals surface area (Å²) in [5.74, 6) is -0.160. The molecule has 0 unspecified atom stereocenters. The van der Waals surface area contributed by atoms with E-state index in [4.69, 9.17) is 9.47 Å². The molecule has 0 radical (unpaired) electrons. The van der Waals surface area contributed by atoms with Gasteiger partial charge in [-0.25, -0.2) is 4.79 Å². The predicted molar refractivity (Wildman–Crippen MR) is 89.9 cm³/mol. The average molecular weight is 328 g/mol. The number of carboxylic acid groups (broad SMARTS) is 1. The van der Waals surface area contributed by atoms with Crippen LogP contribution in [-0.2, 0) is 5.41 Å². The Morgan fingerprint density at radius 2 is 1.67 bits per heavy atom. The number of ether oxygens (including phenoxy) is 2. The first-order chi connectivity index (χ1) is 11.5. The Morgan fingerprint density at radius 1 is 1.08 bits per heavy atom. The molecule has 1 aliphatic rings. The third-order valence-electron chi connectivity index (χ3n) is 4.72. The Balaban J connectivity index is 2.06. The van der Waals surface area contributed by atoms with E-state index in [1.165, 1.54) is 20.3 Å². The molecule has 3 rings (SSSR count). The standard InChI is InChI=1S/C19H20O5/c1-23-16-9-14(15(18(21)22)10-17(16)24-2)12-3-5-13(6-4-12)19(11-20)7-8-19/h3-6,9-10,20H,7-8,11H2,1-2H3,(H,21,22). The molecule has 0 heterocycles. The van der Waals surface area contributed by atoms with Gasteiger partial charge in [0.15, 0.2) is 11.5 Å². The Morgan fingerprint density at radius 3 is 2.12 bits per heavy atom. The summed E-state index contributed by atoms with van der Waals surface area (Å²) in [6.45, 7) is 0.142. The van der Waals surface area contributed by atoms with Gasteiger partial charge in [-0.05, 0) is 36.1 Å². The molecule has 1 aliphatic carbocycles. The summed E-state index contributed by atoms with van der Waals surface area (Å²) in [6.07, 6.45) is 1.97. The number of hydrogen-bond donors (Lipinski definition) is 2. The topological polar surface area (TPSA) is 76.0 Å². The van der Waals surface area contributed by atoms with Crippen LogP contribution in [-0.4, -0.2) is 37.0 Å². The van der Waals surface area contributed by atoms with E-state index < -0.39 is 5.97 Å². The highest BCUT2D eigenvalue weighted by Gasteiger charge is 2.43. The van der Waals surface area contributed by atoms with Crippen molar-refractivity contribution in [2.75, 3.05) is 20.8 Å². The zero-order chi connectivity index (χ0) is 17.3. The molecule has 126 valence electrons. The molecule has 0 atom stereocenters. The fourth-order valence-corrected chi connectivity index (χ4v) is 2.99. The van der Waals surface area contributed by atoms with Crippen molar-refractivity contribution >= 4 is 5.97 Å². The van der Waals surface area contributed by atoms with Crippen molar-refractivity contribution in [1.82, 2.24) is 0 Å². The smallest absolute Gasteiger partial charge is 0.336 e. The predicted octanol–water partition coefficient (Wildman–Crippen LogP) is 3.09. The number of methoxy groups -OCH3 is 2. The van der Waals surface area contributed by atoms with Crippen LogP contribution in [0.4, 0.5) is 0 Å². The molecule has 0 spiro atoms. The minimum atomic E-state index is -1.02. The second kappa shape index (κ2) is 6.17. The van der Waals surface area contributed by atoms with Crippen molar-refractivity contribution in [2.24, 2.45) is 0 Å². The van der Waals surface area contributed by atoms with Gasteiger partial charge in [0.05, 0.1) is 26.4 Å². The van der Waals surface area contributed by atoms with E-state index in [0.717, 1.165) is 24.0 Å². The maximum absolute atomic E-state index is 11.6. The normalized spacial score (nSPS) is 15.0. The number of rotatable bonds is 6. The van der Waals surface area contributed by atoms with E-state index in [1.807, 2.05) is 24.3 Å². The SMILES string of the molecule is COc1cc(C(=O)O)c(-c2ccc(C3(CO)CC3)cc2)cc1OC. The van der Waals surface area contributed by atoms with Crippen molar-refractivity contribution in [2.45, 2.75) is 18.3 Å². The van der Waals surface area contributed by atoms with Gasteiger partial charge in [0.25, 0.3) is 0 Å². The fourth-order valence-electron chi connectivity index (χ4n) is 2.99. The molecule has 2 aromatic carbocycles. The number of aromatic carboxylic acids is 1. The molecule has 0 saturated heterocycles. The lowest BCUT2D eigenvalue weighted by atomic mass is 9.93. The minimum absolute atomic E-state index is 0.105. The highest BCUT2D eigenvalue weighted by Crippen LogP contribution is 2.48. The molecule has 0 aromatic heterocycles. The lowest BCUT2D eigenvalue weighted by molar-refractivity contribution is 0.0697. The Labute approximate surface area is 140 Å². The van der Waals surface area contributed by atoms with E-state index in [0.29, 0.717) is 17.1 Å². The first-order valence-electron chi connectivity index (χ1n) is 7.76. The molecule has 2 aromatic rings. The highest BCUT2D eigenvalue weighted by atomic mass is 16.5. The molecule has 1 saturated carbocycles. The molecule has 1 fully saturated rings. The van der Waals surface area contributed by atoms with Crippen LogP contribution in [0.3, 0.4) is 0 Å². The quantitative estimate of drug-likeness (QED) is 0.852. The largest absolute Gasteiger partial charge is 0.493 e. The van der Waals surface area contributed by atoms with Crippen molar-refractivity contribution in [3.63, 3.8) is 0 Å². The van der Waals surface area contributed by atoms with Crippen LogP contribution in [0.25, 0.3) is 11.1 Å². The molecule has 5 heteroatoms. The summed E-state index contributed by atoms with van der Waals surface area (Å²) >= 11 is 0. The van der Waals surface area contributed by atoms with Crippen molar-refractivity contribution in [3.05, 3.63) is 47.5 Å². The molecule has 0 aliphatic heterocycles. The molecule has 5 nitrogen and oxygen atoms in total. The van der Waals surface area contributed by atoms with Gasteiger partial charge in [-0.3, -0.25) is 0 Å². The fraction of sp³-hybridized carbons (Fsp3) is 0.316. The van der Waals surface area contributed by atoms with Crippen molar-refractivity contribution in [3.8, 4) is 22.6 Å². The zero-order valence-electron chi connectivity index (χ0n) is 13.7. The summed E-state index contributed by atoms with van der Waals surface area (Å²) in [5.41, 5.74) is 2.49. The molecule has 24 heavy (non-hydrogen) atoms. The van der Waals surface area contributed by atoms with Crippen LogP contribution in [0.5, 0.6) is 11.5 Å². The lowest BCUT2D eigenvalue weighted by Gasteiger charge is -2.15. The minimum Gasteiger partial charge on any atom is -0.493 e. The van der Waals surface area contributed by atoms with Gasteiger partial charge in [0.1, 0.15) is 0 Å². The van der Waals surface area contributed by atoms with Gasteiger partial charge in [-0.2, -0.15) is 0 Å². The van der Waals surface area contributed by atoms with Gasteiger partial charge in [-0.1, -0.05) is 24.3 Å². The number of carboxylic acids is 1. The summed E-state index contributed by atoms with van der Waals surface area (Å²) in [5, 5.41) is 19.0. The highest BCUT2D eigenvalue weighted by molar-refractivity contribution is 5.97. The van der Waals surface area contributed by atoms with Crippen molar-refractivity contribution < 1.29 is 24.5 Å². The Hall–Kier alpha value is -2.53. The van der Waals surface area contributed by atoms with Gasteiger partial charge in [0, 0.05) is 11.0 Å². The first-order valence-corrected chi connectivity index (χ1v) is 7.76. The summed E-state index contributed by atoms with van der Waals surface area (Å²) < 4.78 is 10.5. The average Bonchev–Trinajstić information content (AvgIpc) is 3.41. The molecule has 0 amide bonds. The number of aliphatic hydroxyl groups is 1. The third kappa shape index (κ3) is 2.71. The third-order valence-corrected chi connectivity index (χ3v) is 4.72. The summed E-state index contributed by atoms with van der Waals surface area (Å²) in [6, 6.07) is 10.8. The van der Waals surface area contributed by atoms with Crippen LogP contribution in [0.15, 0.2) is 36.4 Å². The number of benzene rings is 2. The maximum Gasteiger partial charge on any atom is 0.336 e. The van der Waals surface area contributed by atoms with E-state index >= 15 is 0 Å². The Bertz CT molecular complexity index is 760. The summed E-state index contributed by atoms with van der Waals surface area (Å²) in [4.78, 5) is 11.6. The monoisotopic (exact) mass is 328 g/mol. The van der Waals surface area contributed by atoms with Crippen molar-refractivity contribution in [1.29, 1.82) is 0 Å². The van der Waals surface area contributed by atoms with E-state index in [2.05, 4.69) is 0 Å².